The predicted molar refractivity (Wildman–Crippen MR) is 48.7 cm³/mol. The number of rotatable bonds is 4. The third-order valence-corrected chi connectivity index (χ3v) is 3.11. The minimum Gasteiger partial charge on any atom is -0.471 e. The van der Waals surface area contributed by atoms with E-state index >= 15 is 0 Å². The quantitative estimate of drug-likeness (QED) is 0.662. The molecule has 0 aromatic carbocycles. The van der Waals surface area contributed by atoms with Crippen LogP contribution in [0.2, 0.25) is 0 Å². The molecule has 0 saturated carbocycles. The fourth-order valence-corrected chi connectivity index (χ4v) is 2.08. The van der Waals surface area contributed by atoms with Crippen molar-refractivity contribution in [3.8, 4) is 0 Å². The molecule has 0 aliphatic carbocycles. The molecule has 7 heteroatoms. The molecule has 0 aliphatic rings. The van der Waals surface area contributed by atoms with Gasteiger partial charge in [-0.25, -0.2) is 0 Å². The van der Waals surface area contributed by atoms with Gasteiger partial charge in [0.1, 0.15) is 11.2 Å². The molecule has 1 aromatic rings. The van der Waals surface area contributed by atoms with Crippen LogP contribution in [0.25, 0.3) is 0 Å². The van der Waals surface area contributed by atoms with Crippen LogP contribution in [0.3, 0.4) is 0 Å². The third-order valence-electron chi connectivity index (χ3n) is 1.92. The van der Waals surface area contributed by atoms with Crippen LogP contribution in [-0.4, -0.2) is 0 Å². The molecule has 0 radical (unpaired) electrons. The summed E-state index contributed by atoms with van der Waals surface area (Å²) in [5, 5.41) is 0. The van der Waals surface area contributed by atoms with Crippen molar-refractivity contribution in [3.05, 3.63) is 18.1 Å². The Balaban J connectivity index is 3.12. The number of furan rings is 1. The average molecular weight is 250 g/mol. The normalized spacial score (nSPS) is 17.2. The van der Waals surface area contributed by atoms with Crippen molar-refractivity contribution < 1.29 is 23.8 Å². The Morgan fingerprint density at radius 2 is 1.73 bits per heavy atom. The largest absolute Gasteiger partial charge is 0.471 e. The van der Waals surface area contributed by atoms with E-state index in [9.17, 15) is 19.4 Å². The van der Waals surface area contributed by atoms with Gasteiger partial charge in [0, 0.05) is 5.56 Å². The minimum atomic E-state index is -9.57. The van der Waals surface area contributed by atoms with Crippen LogP contribution in [0.5, 0.6) is 0 Å². The van der Waals surface area contributed by atoms with Gasteiger partial charge in [0.25, 0.3) is 0 Å². The standard InChI is InChI=1S/C8H11F5OS/c1-2-3-4-7-5-14-6-8(7)15(9,10,11,12)13/h5-6H,2-4H2,1H3. The molecule has 90 valence electrons. The maximum absolute atomic E-state index is 12.4. The van der Waals surface area contributed by atoms with Crippen molar-refractivity contribution in [3.63, 3.8) is 0 Å². The number of hydrogen-bond acceptors (Lipinski definition) is 1. The van der Waals surface area contributed by atoms with Crippen LogP contribution in [0.15, 0.2) is 21.8 Å². The zero-order valence-corrected chi connectivity index (χ0v) is 8.80. The van der Waals surface area contributed by atoms with Gasteiger partial charge >= 0.3 is 10.2 Å². The Bertz CT molecular complexity index is 351. The van der Waals surface area contributed by atoms with E-state index < -0.39 is 20.7 Å². The lowest BCUT2D eigenvalue weighted by Gasteiger charge is -2.40. The van der Waals surface area contributed by atoms with Crippen molar-refractivity contribution in [1.82, 2.24) is 0 Å². The predicted octanol–water partition coefficient (Wildman–Crippen LogP) is 5.28. The molecule has 1 rings (SSSR count). The first-order valence-corrected chi connectivity index (χ1v) is 6.29. The van der Waals surface area contributed by atoms with Gasteiger partial charge in [-0.15, -0.1) is 0 Å². The van der Waals surface area contributed by atoms with E-state index in [1.165, 1.54) is 0 Å². The second-order valence-electron chi connectivity index (χ2n) is 3.33. The Morgan fingerprint density at radius 3 is 2.20 bits per heavy atom. The molecular formula is C8H11F5OS. The first-order valence-electron chi connectivity index (χ1n) is 4.34. The molecule has 0 aliphatic heterocycles. The van der Waals surface area contributed by atoms with Gasteiger partial charge in [0.05, 0.1) is 6.26 Å². The fourth-order valence-electron chi connectivity index (χ4n) is 1.20. The van der Waals surface area contributed by atoms with Gasteiger partial charge in [0.2, 0.25) is 0 Å². The molecule has 1 aromatic heterocycles. The van der Waals surface area contributed by atoms with Crippen LogP contribution in [0, 0.1) is 0 Å². The SMILES string of the molecule is CCCCc1cocc1S(F)(F)(F)(F)F. The molecule has 0 spiro atoms. The highest BCUT2D eigenvalue weighted by Gasteiger charge is 2.67. The second kappa shape index (κ2) is 2.90. The monoisotopic (exact) mass is 250 g/mol. The first-order chi connectivity index (χ1) is 6.54. The van der Waals surface area contributed by atoms with Crippen molar-refractivity contribution in [2.75, 3.05) is 0 Å². The Hall–Kier alpha value is -0.720. The summed E-state index contributed by atoms with van der Waals surface area (Å²) in [5.74, 6) is 0. The summed E-state index contributed by atoms with van der Waals surface area (Å²) in [7, 11) is -9.57. The Labute approximate surface area is 84.0 Å². The smallest absolute Gasteiger partial charge is 0.313 e. The summed E-state index contributed by atoms with van der Waals surface area (Å²) in [6.07, 6.45) is 1.83. The molecule has 0 N–H and O–H groups in total. The molecule has 0 unspecified atom stereocenters. The van der Waals surface area contributed by atoms with E-state index in [1.54, 1.807) is 6.92 Å². The van der Waals surface area contributed by atoms with Gasteiger partial charge in [0.15, 0.2) is 0 Å². The van der Waals surface area contributed by atoms with Crippen molar-refractivity contribution >= 4 is 10.2 Å². The van der Waals surface area contributed by atoms with Gasteiger partial charge in [-0.3, -0.25) is 0 Å². The van der Waals surface area contributed by atoms with E-state index in [-0.39, 0.29) is 12.7 Å². The highest BCUT2D eigenvalue weighted by atomic mass is 32.5. The lowest BCUT2D eigenvalue weighted by atomic mass is 10.1. The molecular weight excluding hydrogens is 239 g/mol. The van der Waals surface area contributed by atoms with Crippen LogP contribution in [0.1, 0.15) is 25.3 Å². The molecule has 0 bridgehead atoms. The van der Waals surface area contributed by atoms with Crippen LogP contribution in [-0.2, 0) is 6.42 Å². The van der Waals surface area contributed by atoms with Crippen molar-refractivity contribution in [1.29, 1.82) is 0 Å². The lowest BCUT2D eigenvalue weighted by molar-refractivity contribution is 0.361. The Kier molecular flexibility index (Phi) is 2.39. The summed E-state index contributed by atoms with van der Waals surface area (Å²) in [5.41, 5.74) is -0.462. The second-order valence-corrected chi connectivity index (χ2v) is 5.71. The molecule has 0 atom stereocenters. The zero-order valence-electron chi connectivity index (χ0n) is 7.98. The van der Waals surface area contributed by atoms with Crippen molar-refractivity contribution in [2.45, 2.75) is 31.1 Å². The van der Waals surface area contributed by atoms with E-state index in [4.69, 9.17) is 0 Å². The van der Waals surface area contributed by atoms with E-state index in [0.29, 0.717) is 12.8 Å². The van der Waals surface area contributed by atoms with E-state index in [1.807, 2.05) is 0 Å². The number of aryl methyl sites for hydroxylation is 1. The fraction of sp³-hybridized carbons (Fsp3) is 0.500. The summed E-state index contributed by atoms with van der Waals surface area (Å²) < 4.78 is 66.3. The van der Waals surface area contributed by atoms with Gasteiger partial charge < -0.3 is 4.42 Å². The minimum absolute atomic E-state index is 0.0477. The summed E-state index contributed by atoms with van der Waals surface area (Å²) in [6.45, 7) is 1.76. The first kappa shape index (κ1) is 12.4. The van der Waals surface area contributed by atoms with Crippen LogP contribution >= 0.6 is 10.2 Å². The number of unbranched alkanes of at least 4 members (excludes halogenated alkanes) is 1. The van der Waals surface area contributed by atoms with Crippen LogP contribution < -0.4 is 0 Å². The van der Waals surface area contributed by atoms with Gasteiger partial charge in [-0.2, -0.15) is 0 Å². The third kappa shape index (κ3) is 3.12. The summed E-state index contributed by atoms with van der Waals surface area (Å²) >= 11 is 0. The Morgan fingerprint density at radius 1 is 1.13 bits per heavy atom. The summed E-state index contributed by atoms with van der Waals surface area (Å²) in [6, 6.07) is 0. The number of halogens is 5. The highest BCUT2D eigenvalue weighted by molar-refractivity contribution is 8.45. The summed E-state index contributed by atoms with van der Waals surface area (Å²) in [4.78, 5) is -1.89. The van der Waals surface area contributed by atoms with Crippen molar-refractivity contribution in [2.24, 2.45) is 0 Å². The lowest BCUT2D eigenvalue weighted by Crippen LogP contribution is -2.07. The maximum atomic E-state index is 12.4. The van der Waals surface area contributed by atoms with E-state index in [0.717, 1.165) is 6.26 Å². The topological polar surface area (TPSA) is 13.1 Å². The molecule has 0 fully saturated rings. The zero-order chi connectivity index (χ0) is 11.8. The van der Waals surface area contributed by atoms with Gasteiger partial charge in [-0.1, -0.05) is 32.8 Å². The molecule has 0 saturated heterocycles. The highest BCUT2D eigenvalue weighted by Crippen LogP contribution is 3.02. The van der Waals surface area contributed by atoms with Crippen LogP contribution in [0.4, 0.5) is 19.4 Å². The average Bonchev–Trinajstić information content (AvgIpc) is 2.44. The maximum Gasteiger partial charge on any atom is 0.313 e. The molecule has 1 heterocycles. The number of hydrogen-bond donors (Lipinski definition) is 0. The van der Waals surface area contributed by atoms with E-state index in [2.05, 4.69) is 4.42 Å². The molecule has 15 heavy (non-hydrogen) atoms. The molecule has 1 nitrogen and oxygen atoms in total. The molecule has 0 amide bonds. The van der Waals surface area contributed by atoms with Gasteiger partial charge in [-0.05, 0) is 12.8 Å².